The van der Waals surface area contributed by atoms with Crippen molar-refractivity contribution in [2.24, 2.45) is 5.92 Å². The predicted octanol–water partition coefficient (Wildman–Crippen LogP) is 1.90. The molecule has 2 fully saturated rings. The molecule has 1 aliphatic heterocycles. The summed E-state index contributed by atoms with van der Waals surface area (Å²) >= 11 is 0. The number of benzene rings is 1. The molecule has 1 saturated carbocycles. The minimum atomic E-state index is -0.248. The van der Waals surface area contributed by atoms with E-state index < -0.39 is 0 Å². The molecular weight excluding hydrogens is 316 g/mol. The third-order valence-electron chi connectivity index (χ3n) is 5.43. The zero-order valence-electron chi connectivity index (χ0n) is 15.1. The van der Waals surface area contributed by atoms with Crippen LogP contribution in [0.5, 0.6) is 0 Å². The largest absolute Gasteiger partial charge is 0.393 e. The van der Waals surface area contributed by atoms with Gasteiger partial charge in [-0.3, -0.25) is 9.69 Å². The van der Waals surface area contributed by atoms with Crippen LogP contribution >= 0.6 is 0 Å². The molecule has 1 aromatic carbocycles. The second-order valence-corrected chi connectivity index (χ2v) is 7.45. The van der Waals surface area contributed by atoms with Gasteiger partial charge in [-0.15, -0.1) is 0 Å². The van der Waals surface area contributed by atoms with Crippen LogP contribution in [0.25, 0.3) is 0 Å². The van der Waals surface area contributed by atoms with E-state index in [9.17, 15) is 9.90 Å². The quantitative estimate of drug-likeness (QED) is 0.855. The van der Waals surface area contributed by atoms with Crippen molar-refractivity contribution in [1.29, 1.82) is 0 Å². The van der Waals surface area contributed by atoms with Gasteiger partial charge < -0.3 is 14.7 Å². The third kappa shape index (κ3) is 5.27. The van der Waals surface area contributed by atoms with Crippen molar-refractivity contribution in [1.82, 2.24) is 9.80 Å². The summed E-state index contributed by atoms with van der Waals surface area (Å²) in [6, 6.07) is 10.4. The second kappa shape index (κ2) is 8.79. The maximum absolute atomic E-state index is 12.5. The topological polar surface area (TPSA) is 53.0 Å². The van der Waals surface area contributed by atoms with Crippen molar-refractivity contribution in [2.45, 2.75) is 44.4 Å². The normalized spacial score (nSPS) is 27.4. The van der Waals surface area contributed by atoms with Crippen LogP contribution in [0.1, 0.15) is 31.2 Å². The van der Waals surface area contributed by atoms with Gasteiger partial charge in [-0.05, 0) is 18.4 Å². The Labute approximate surface area is 150 Å². The fraction of sp³-hybridized carbons (Fsp3) is 0.650. The van der Waals surface area contributed by atoms with Crippen LogP contribution in [0.2, 0.25) is 0 Å². The maximum Gasteiger partial charge on any atom is 0.224 e. The van der Waals surface area contributed by atoms with Gasteiger partial charge in [0.2, 0.25) is 5.91 Å². The lowest BCUT2D eigenvalue weighted by atomic mass is 10.1. The molecule has 1 N–H and O–H groups in total. The first-order valence-corrected chi connectivity index (χ1v) is 9.41. The number of amides is 1. The standard InChI is InChI=1S/C20H30N2O3/c1-21(14-17-8-5-9-19(17)23)20(24)12-18-15-22(10-11-25-18)13-16-6-3-2-4-7-16/h2-4,6-7,17-19,23H,5,8-15H2,1H3. The third-order valence-corrected chi connectivity index (χ3v) is 5.43. The Morgan fingerprint density at radius 2 is 2.12 bits per heavy atom. The van der Waals surface area contributed by atoms with Crippen LogP contribution < -0.4 is 0 Å². The molecule has 3 unspecified atom stereocenters. The monoisotopic (exact) mass is 346 g/mol. The lowest BCUT2D eigenvalue weighted by molar-refractivity contribution is -0.135. The molecule has 0 radical (unpaired) electrons. The Bertz CT molecular complexity index is 551. The van der Waals surface area contributed by atoms with E-state index in [1.807, 2.05) is 13.1 Å². The van der Waals surface area contributed by atoms with Gasteiger partial charge in [-0.1, -0.05) is 36.8 Å². The summed E-state index contributed by atoms with van der Waals surface area (Å²) in [6.45, 7) is 3.93. The van der Waals surface area contributed by atoms with Crippen LogP contribution in [0.15, 0.2) is 30.3 Å². The Kier molecular flexibility index (Phi) is 6.45. The van der Waals surface area contributed by atoms with Crippen LogP contribution in [0, 0.1) is 5.92 Å². The molecule has 138 valence electrons. The minimum absolute atomic E-state index is 0.0408. The number of hydrogen-bond donors (Lipinski definition) is 1. The average Bonchev–Trinajstić information content (AvgIpc) is 3.01. The van der Waals surface area contributed by atoms with E-state index in [2.05, 4.69) is 29.2 Å². The van der Waals surface area contributed by atoms with Crippen LogP contribution in [0.3, 0.4) is 0 Å². The van der Waals surface area contributed by atoms with Crippen molar-refractivity contribution in [2.75, 3.05) is 33.3 Å². The Balaban J connectivity index is 1.45. The van der Waals surface area contributed by atoms with Gasteiger partial charge >= 0.3 is 0 Å². The number of rotatable bonds is 6. The molecule has 1 aliphatic carbocycles. The molecule has 1 aromatic rings. The summed E-state index contributed by atoms with van der Waals surface area (Å²) in [4.78, 5) is 16.7. The molecule has 1 saturated heterocycles. The molecule has 0 aromatic heterocycles. The number of aliphatic hydroxyl groups excluding tert-OH is 1. The minimum Gasteiger partial charge on any atom is -0.393 e. The number of nitrogens with zero attached hydrogens (tertiary/aromatic N) is 2. The first-order chi connectivity index (χ1) is 12.1. The number of aliphatic hydroxyl groups is 1. The van der Waals surface area contributed by atoms with Gasteiger partial charge in [-0.25, -0.2) is 0 Å². The summed E-state index contributed by atoms with van der Waals surface area (Å²) in [5.74, 6) is 0.349. The first-order valence-electron chi connectivity index (χ1n) is 9.41. The Hall–Kier alpha value is -1.43. The molecule has 3 rings (SSSR count). The molecular formula is C20H30N2O3. The van der Waals surface area contributed by atoms with E-state index in [4.69, 9.17) is 4.74 Å². The highest BCUT2D eigenvalue weighted by Crippen LogP contribution is 2.26. The summed E-state index contributed by atoms with van der Waals surface area (Å²) in [5, 5.41) is 9.95. The second-order valence-electron chi connectivity index (χ2n) is 7.45. The van der Waals surface area contributed by atoms with Gasteiger partial charge in [0.05, 0.1) is 25.2 Å². The van der Waals surface area contributed by atoms with Gasteiger partial charge in [0.15, 0.2) is 0 Å². The van der Waals surface area contributed by atoms with Crippen molar-refractivity contribution in [3.63, 3.8) is 0 Å². The highest BCUT2D eigenvalue weighted by Gasteiger charge is 2.29. The number of morpholine rings is 1. The van der Waals surface area contributed by atoms with E-state index in [0.29, 0.717) is 19.6 Å². The molecule has 5 heteroatoms. The van der Waals surface area contributed by atoms with E-state index in [1.165, 1.54) is 5.56 Å². The van der Waals surface area contributed by atoms with Gasteiger partial charge in [-0.2, -0.15) is 0 Å². The number of carbonyl (C=O) groups is 1. The maximum atomic E-state index is 12.5. The number of ether oxygens (including phenoxy) is 1. The average molecular weight is 346 g/mol. The Morgan fingerprint density at radius 3 is 2.84 bits per heavy atom. The zero-order valence-corrected chi connectivity index (χ0v) is 15.1. The first kappa shape index (κ1) is 18.4. The zero-order chi connectivity index (χ0) is 17.6. The number of carbonyl (C=O) groups excluding carboxylic acids is 1. The fourth-order valence-corrected chi connectivity index (χ4v) is 3.92. The van der Waals surface area contributed by atoms with Crippen LogP contribution in [-0.4, -0.2) is 66.3 Å². The lowest BCUT2D eigenvalue weighted by Crippen LogP contribution is -2.44. The molecule has 0 spiro atoms. The summed E-state index contributed by atoms with van der Waals surface area (Å²) in [6.07, 6.45) is 3.08. The molecule has 1 amide bonds. The van der Waals surface area contributed by atoms with Crippen molar-refractivity contribution < 1.29 is 14.6 Å². The highest BCUT2D eigenvalue weighted by atomic mass is 16.5. The van der Waals surface area contributed by atoms with Crippen molar-refractivity contribution in [3.05, 3.63) is 35.9 Å². The lowest BCUT2D eigenvalue weighted by Gasteiger charge is -2.33. The van der Waals surface area contributed by atoms with E-state index in [1.54, 1.807) is 4.90 Å². The van der Waals surface area contributed by atoms with Gasteiger partial charge in [0, 0.05) is 39.1 Å². The SMILES string of the molecule is CN(CC1CCCC1O)C(=O)CC1CN(Cc2ccccc2)CCO1. The molecule has 1 heterocycles. The van der Waals surface area contributed by atoms with Gasteiger partial charge in [0.1, 0.15) is 0 Å². The van der Waals surface area contributed by atoms with E-state index in [0.717, 1.165) is 38.9 Å². The van der Waals surface area contributed by atoms with Gasteiger partial charge in [0.25, 0.3) is 0 Å². The van der Waals surface area contributed by atoms with E-state index in [-0.39, 0.29) is 24.0 Å². The smallest absolute Gasteiger partial charge is 0.224 e. The molecule has 0 bridgehead atoms. The predicted molar refractivity (Wildman–Crippen MR) is 97.1 cm³/mol. The molecule has 3 atom stereocenters. The fourth-order valence-electron chi connectivity index (χ4n) is 3.92. The highest BCUT2D eigenvalue weighted by molar-refractivity contribution is 5.76. The summed E-state index contributed by atoms with van der Waals surface area (Å²) in [5.41, 5.74) is 1.29. The molecule has 5 nitrogen and oxygen atoms in total. The van der Waals surface area contributed by atoms with E-state index >= 15 is 0 Å². The van der Waals surface area contributed by atoms with Crippen LogP contribution in [0.4, 0.5) is 0 Å². The van der Waals surface area contributed by atoms with Crippen molar-refractivity contribution >= 4 is 5.91 Å². The Morgan fingerprint density at radius 1 is 1.32 bits per heavy atom. The summed E-state index contributed by atoms with van der Waals surface area (Å²) < 4.78 is 5.82. The molecule has 25 heavy (non-hydrogen) atoms. The number of hydrogen-bond acceptors (Lipinski definition) is 4. The van der Waals surface area contributed by atoms with Crippen LogP contribution in [-0.2, 0) is 16.1 Å². The van der Waals surface area contributed by atoms with Crippen molar-refractivity contribution in [3.8, 4) is 0 Å². The molecule has 2 aliphatic rings. The summed E-state index contributed by atoms with van der Waals surface area (Å²) in [7, 11) is 1.85.